The van der Waals surface area contributed by atoms with Crippen LogP contribution < -0.4 is 11.5 Å². The van der Waals surface area contributed by atoms with E-state index in [1.54, 1.807) is 0 Å². The number of alkyl halides is 6. The maximum absolute atomic E-state index is 10.7. The molecular weight excluding hydrogens is 414 g/mol. The van der Waals surface area contributed by atoms with E-state index in [0.29, 0.717) is 13.1 Å². The summed E-state index contributed by atoms with van der Waals surface area (Å²) in [6.45, 7) is 1.19. The molecule has 0 saturated carbocycles. The molecule has 0 saturated heterocycles. The van der Waals surface area contributed by atoms with Crippen LogP contribution in [0.3, 0.4) is 0 Å². The maximum atomic E-state index is 10.7. The first-order valence-electron chi connectivity index (χ1n) is 3.86. The van der Waals surface area contributed by atoms with Gasteiger partial charge >= 0.3 is 28.1 Å². The van der Waals surface area contributed by atoms with E-state index in [9.17, 15) is 26.3 Å². The van der Waals surface area contributed by atoms with Crippen LogP contribution in [0.5, 0.6) is 0 Å². The summed E-state index contributed by atoms with van der Waals surface area (Å²) in [6.07, 6.45) is 0. The van der Waals surface area contributed by atoms with Crippen LogP contribution in [0.25, 0.3) is 0 Å². The summed E-state index contributed by atoms with van der Waals surface area (Å²) in [5, 5.41) is 0. The third kappa shape index (κ3) is 17.8. The Morgan fingerprint density at radius 1 is 0.714 bits per heavy atom. The van der Waals surface area contributed by atoms with Crippen LogP contribution in [0, 0.1) is 0 Å². The standard InChI is InChI=1S/C2H8N2.2CHF3O3S.Cu/c3-1-2-4;2*2-1(3,4)8(5,6)7;/h1-4H2;2*(H,5,6,7);/q;;;+2/p-2. The van der Waals surface area contributed by atoms with Crippen LogP contribution in [-0.2, 0) is 37.3 Å². The maximum Gasteiger partial charge on any atom is 2.00 e. The van der Waals surface area contributed by atoms with Gasteiger partial charge in [0.15, 0.2) is 20.2 Å². The third-order valence-electron chi connectivity index (χ3n) is 0.734. The van der Waals surface area contributed by atoms with Gasteiger partial charge in [0.2, 0.25) is 0 Å². The van der Waals surface area contributed by atoms with Crippen LogP contribution in [0.4, 0.5) is 26.3 Å². The van der Waals surface area contributed by atoms with E-state index in [1.807, 2.05) is 0 Å². The molecule has 21 heavy (non-hydrogen) atoms. The largest absolute Gasteiger partial charge is 2.00 e. The Balaban J connectivity index is -0.000000107. The summed E-state index contributed by atoms with van der Waals surface area (Å²) in [6, 6.07) is 0. The Morgan fingerprint density at radius 3 is 0.810 bits per heavy atom. The van der Waals surface area contributed by atoms with Crippen LogP contribution >= 0.6 is 0 Å². The summed E-state index contributed by atoms with van der Waals surface area (Å²) in [5.41, 5.74) is -1.49. The molecule has 0 atom stereocenters. The topological polar surface area (TPSA) is 166 Å². The molecule has 1 radical (unpaired) electrons. The van der Waals surface area contributed by atoms with E-state index in [-0.39, 0.29) is 17.1 Å². The molecule has 0 unspecified atom stereocenters. The second-order valence-electron chi connectivity index (χ2n) is 2.38. The van der Waals surface area contributed by atoms with Gasteiger partial charge in [-0.1, -0.05) is 0 Å². The minimum absolute atomic E-state index is 0. The first-order chi connectivity index (χ1) is 8.41. The molecule has 0 aromatic rings. The summed E-state index contributed by atoms with van der Waals surface area (Å²) < 4.78 is 118. The first-order valence-corrected chi connectivity index (χ1v) is 6.68. The normalized spacial score (nSPS) is 12.1. The van der Waals surface area contributed by atoms with Crippen LogP contribution in [-0.4, -0.2) is 50.0 Å². The molecule has 0 heterocycles. The second-order valence-corrected chi connectivity index (χ2v) is 5.12. The fraction of sp³-hybridized carbons (Fsp3) is 1.00. The van der Waals surface area contributed by atoms with E-state index in [2.05, 4.69) is 0 Å². The van der Waals surface area contributed by atoms with Gasteiger partial charge in [0.05, 0.1) is 0 Å². The van der Waals surface area contributed by atoms with Gasteiger partial charge < -0.3 is 20.6 Å². The third-order valence-corrected chi connectivity index (χ3v) is 1.87. The van der Waals surface area contributed by atoms with Gasteiger partial charge in [0.25, 0.3) is 0 Å². The quantitative estimate of drug-likeness (QED) is 0.235. The number of hydrogen-bond donors (Lipinski definition) is 2. The molecule has 8 nitrogen and oxygen atoms in total. The van der Waals surface area contributed by atoms with E-state index in [4.69, 9.17) is 37.4 Å². The van der Waals surface area contributed by atoms with Crippen LogP contribution in [0.15, 0.2) is 0 Å². The average Bonchev–Trinajstić information content (AvgIpc) is 2.12. The molecule has 0 fully saturated rings. The van der Waals surface area contributed by atoms with Gasteiger partial charge in [0.1, 0.15) is 0 Å². The Morgan fingerprint density at radius 2 is 0.810 bits per heavy atom. The monoisotopic (exact) mass is 421 g/mol. The van der Waals surface area contributed by atoms with E-state index < -0.39 is 31.3 Å². The Hall–Kier alpha value is -0.161. The predicted molar refractivity (Wildman–Crippen MR) is 49.6 cm³/mol. The molecular formula is C4H8CuF6N2O6S2. The zero-order chi connectivity index (χ0) is 17.4. The van der Waals surface area contributed by atoms with Crippen molar-refractivity contribution in [2.24, 2.45) is 11.5 Å². The van der Waals surface area contributed by atoms with Crippen molar-refractivity contribution >= 4 is 20.2 Å². The number of halogens is 6. The zero-order valence-corrected chi connectivity index (χ0v) is 12.0. The minimum atomic E-state index is -6.09. The summed E-state index contributed by atoms with van der Waals surface area (Å²) in [4.78, 5) is 0. The fourth-order valence-corrected chi connectivity index (χ4v) is 0. The number of nitrogens with two attached hydrogens (primary N) is 2. The molecule has 0 aliphatic rings. The molecule has 0 aliphatic heterocycles. The van der Waals surface area contributed by atoms with E-state index in [1.165, 1.54) is 0 Å². The first kappa shape index (κ1) is 28.9. The van der Waals surface area contributed by atoms with Crippen molar-refractivity contribution in [2.45, 2.75) is 11.0 Å². The molecule has 4 N–H and O–H groups in total. The van der Waals surface area contributed by atoms with E-state index >= 15 is 0 Å². The Kier molecular flexibility index (Phi) is 14.5. The summed E-state index contributed by atoms with van der Waals surface area (Å²) >= 11 is 0. The number of hydrogen-bond acceptors (Lipinski definition) is 8. The molecule has 0 aromatic carbocycles. The van der Waals surface area contributed by atoms with Gasteiger partial charge in [-0.3, -0.25) is 0 Å². The van der Waals surface area contributed by atoms with Crippen molar-refractivity contribution in [3.63, 3.8) is 0 Å². The van der Waals surface area contributed by atoms with Gasteiger partial charge in [-0.15, -0.1) is 0 Å². The molecule has 0 rings (SSSR count). The van der Waals surface area contributed by atoms with E-state index in [0.717, 1.165) is 0 Å². The van der Waals surface area contributed by atoms with Gasteiger partial charge in [-0.05, 0) is 0 Å². The van der Waals surface area contributed by atoms with Crippen molar-refractivity contribution in [1.29, 1.82) is 0 Å². The molecule has 0 amide bonds. The van der Waals surface area contributed by atoms with Crippen molar-refractivity contribution in [1.82, 2.24) is 0 Å². The van der Waals surface area contributed by atoms with Crippen molar-refractivity contribution in [3.8, 4) is 0 Å². The molecule has 17 heteroatoms. The Bertz CT molecular complexity index is 415. The number of rotatable bonds is 1. The molecule has 0 spiro atoms. The molecule has 0 bridgehead atoms. The van der Waals surface area contributed by atoms with Gasteiger partial charge in [-0.25, -0.2) is 16.8 Å². The predicted octanol–water partition coefficient (Wildman–Crippen LogP) is -0.996. The Labute approximate surface area is 125 Å². The molecule has 0 aliphatic carbocycles. The molecule has 135 valence electrons. The van der Waals surface area contributed by atoms with Crippen LogP contribution in [0.2, 0.25) is 0 Å². The SMILES string of the molecule is NCCN.O=S(=O)([O-])C(F)(F)F.O=S(=O)([O-])C(F)(F)F.[Cu+2]. The second kappa shape index (κ2) is 10.5. The summed E-state index contributed by atoms with van der Waals surface area (Å²) in [7, 11) is -12.2. The van der Waals surface area contributed by atoms with Gasteiger partial charge in [0, 0.05) is 13.1 Å². The fourth-order valence-electron chi connectivity index (χ4n) is 0. The average molecular weight is 422 g/mol. The van der Waals surface area contributed by atoms with Crippen molar-refractivity contribution in [3.05, 3.63) is 0 Å². The smallest absolute Gasteiger partial charge is 0.741 e. The van der Waals surface area contributed by atoms with Crippen molar-refractivity contribution in [2.75, 3.05) is 13.1 Å². The molecule has 0 aromatic heterocycles. The van der Waals surface area contributed by atoms with Crippen molar-refractivity contribution < 1.29 is 69.4 Å². The van der Waals surface area contributed by atoms with Crippen LogP contribution in [0.1, 0.15) is 0 Å². The minimum Gasteiger partial charge on any atom is -0.741 e. The van der Waals surface area contributed by atoms with Gasteiger partial charge in [-0.2, -0.15) is 26.3 Å². The zero-order valence-electron chi connectivity index (χ0n) is 9.40. The summed E-state index contributed by atoms with van der Waals surface area (Å²) in [5.74, 6) is 0.